The molecule has 3 aliphatic rings. The number of carbonyl (C=O) groups excluding carboxylic acids is 1. The highest BCUT2D eigenvalue weighted by Gasteiger charge is 2.44. The molecule has 3 aliphatic carbocycles. The number of esters is 1. The van der Waals surface area contributed by atoms with Gasteiger partial charge in [0.2, 0.25) is 0 Å². The quantitative estimate of drug-likeness (QED) is 0.695. The fraction of sp³-hybridized carbons (Fsp3) is 0.381. The van der Waals surface area contributed by atoms with E-state index in [1.807, 2.05) is 19.1 Å². The van der Waals surface area contributed by atoms with Crippen molar-refractivity contribution in [1.82, 2.24) is 0 Å². The SMILES string of the molecule is CCOC(=O)C1=C2C=CC=CC=C2C2C(=C(CC)CC)C=CC12. The smallest absolute Gasteiger partial charge is 0.335 e. The van der Waals surface area contributed by atoms with E-state index in [2.05, 4.69) is 44.2 Å². The summed E-state index contributed by atoms with van der Waals surface area (Å²) >= 11 is 0. The summed E-state index contributed by atoms with van der Waals surface area (Å²) in [5, 5.41) is 0. The van der Waals surface area contributed by atoms with Crippen molar-refractivity contribution in [1.29, 1.82) is 0 Å². The van der Waals surface area contributed by atoms with Crippen LogP contribution in [0, 0.1) is 11.8 Å². The van der Waals surface area contributed by atoms with Crippen molar-refractivity contribution in [2.45, 2.75) is 33.6 Å². The molecule has 0 saturated heterocycles. The predicted octanol–water partition coefficient (Wildman–Crippen LogP) is 4.83. The molecule has 23 heavy (non-hydrogen) atoms. The molecule has 2 heteroatoms. The number of hydrogen-bond acceptors (Lipinski definition) is 2. The second-order valence-corrected chi connectivity index (χ2v) is 6.04. The van der Waals surface area contributed by atoms with E-state index in [1.54, 1.807) is 0 Å². The van der Waals surface area contributed by atoms with E-state index in [4.69, 9.17) is 4.74 Å². The highest BCUT2D eigenvalue weighted by molar-refractivity contribution is 5.95. The molecule has 0 aromatic carbocycles. The third-order valence-electron chi connectivity index (χ3n) is 4.96. The summed E-state index contributed by atoms with van der Waals surface area (Å²) in [6.07, 6.45) is 16.8. The van der Waals surface area contributed by atoms with Gasteiger partial charge in [0.1, 0.15) is 0 Å². The number of fused-ring (bicyclic) bond motifs is 3. The molecule has 0 spiro atoms. The fourth-order valence-corrected chi connectivity index (χ4v) is 3.95. The lowest BCUT2D eigenvalue weighted by atomic mass is 9.84. The summed E-state index contributed by atoms with van der Waals surface area (Å²) in [4.78, 5) is 12.6. The minimum Gasteiger partial charge on any atom is -0.463 e. The summed E-state index contributed by atoms with van der Waals surface area (Å²) in [6, 6.07) is 0. The average molecular weight is 308 g/mol. The first kappa shape index (κ1) is 15.8. The van der Waals surface area contributed by atoms with Gasteiger partial charge in [0.05, 0.1) is 12.2 Å². The van der Waals surface area contributed by atoms with Gasteiger partial charge in [-0.1, -0.05) is 62.0 Å². The first-order valence-corrected chi connectivity index (χ1v) is 8.59. The molecule has 0 bridgehead atoms. The average Bonchev–Trinajstić information content (AvgIpc) is 2.99. The summed E-state index contributed by atoms with van der Waals surface area (Å²) in [6.45, 7) is 6.70. The van der Waals surface area contributed by atoms with E-state index >= 15 is 0 Å². The molecule has 3 rings (SSSR count). The Bertz CT molecular complexity index is 689. The van der Waals surface area contributed by atoms with Gasteiger partial charge in [0.15, 0.2) is 0 Å². The van der Waals surface area contributed by atoms with E-state index in [1.165, 1.54) is 16.7 Å². The minimum absolute atomic E-state index is 0.120. The van der Waals surface area contributed by atoms with Gasteiger partial charge in [0, 0.05) is 11.8 Å². The van der Waals surface area contributed by atoms with Crippen molar-refractivity contribution in [3.05, 3.63) is 70.4 Å². The molecule has 0 N–H and O–H groups in total. The standard InChI is InChI=1S/C21H24O2/c1-4-14(5-2)15-12-13-18-19(15)16-10-8-7-9-11-17(16)20(18)21(22)23-6-3/h7-13,18-19H,4-6H2,1-3H3. The van der Waals surface area contributed by atoms with Crippen LogP contribution in [-0.4, -0.2) is 12.6 Å². The maximum Gasteiger partial charge on any atom is 0.335 e. The molecule has 2 nitrogen and oxygen atoms in total. The minimum atomic E-state index is -0.173. The van der Waals surface area contributed by atoms with Crippen LogP contribution in [0.3, 0.4) is 0 Å². The van der Waals surface area contributed by atoms with Gasteiger partial charge in [-0.15, -0.1) is 0 Å². The Morgan fingerprint density at radius 2 is 1.87 bits per heavy atom. The van der Waals surface area contributed by atoms with Gasteiger partial charge < -0.3 is 4.74 Å². The Labute approximate surface area is 138 Å². The molecule has 0 heterocycles. The van der Waals surface area contributed by atoms with Gasteiger partial charge in [-0.05, 0) is 36.5 Å². The number of allylic oxidation sites excluding steroid dienone is 11. The predicted molar refractivity (Wildman–Crippen MR) is 93.8 cm³/mol. The van der Waals surface area contributed by atoms with E-state index in [-0.39, 0.29) is 17.8 Å². The molecule has 0 fully saturated rings. The van der Waals surface area contributed by atoms with Crippen LogP contribution in [-0.2, 0) is 9.53 Å². The van der Waals surface area contributed by atoms with Crippen LogP contribution in [0.4, 0.5) is 0 Å². The number of ether oxygens (including phenoxy) is 1. The molecule has 0 radical (unpaired) electrons. The third kappa shape index (κ3) is 2.56. The fourth-order valence-electron chi connectivity index (χ4n) is 3.95. The van der Waals surface area contributed by atoms with E-state index in [9.17, 15) is 4.79 Å². The van der Waals surface area contributed by atoms with E-state index < -0.39 is 0 Å². The Morgan fingerprint density at radius 1 is 1.09 bits per heavy atom. The highest BCUT2D eigenvalue weighted by Crippen LogP contribution is 2.52. The van der Waals surface area contributed by atoms with Crippen molar-refractivity contribution in [2.75, 3.05) is 6.61 Å². The van der Waals surface area contributed by atoms with Gasteiger partial charge in [0.25, 0.3) is 0 Å². The monoisotopic (exact) mass is 308 g/mol. The molecular formula is C21H24O2. The Balaban J connectivity index is 2.13. The van der Waals surface area contributed by atoms with Crippen molar-refractivity contribution in [3.63, 3.8) is 0 Å². The van der Waals surface area contributed by atoms with Crippen molar-refractivity contribution in [3.8, 4) is 0 Å². The largest absolute Gasteiger partial charge is 0.463 e. The van der Waals surface area contributed by atoms with Gasteiger partial charge >= 0.3 is 5.97 Å². The Kier molecular flexibility index (Phi) is 4.51. The lowest BCUT2D eigenvalue weighted by molar-refractivity contribution is -0.139. The van der Waals surface area contributed by atoms with E-state index in [0.29, 0.717) is 6.61 Å². The molecule has 120 valence electrons. The highest BCUT2D eigenvalue weighted by atomic mass is 16.5. The van der Waals surface area contributed by atoms with E-state index in [0.717, 1.165) is 24.0 Å². The van der Waals surface area contributed by atoms with Gasteiger partial charge in [-0.3, -0.25) is 0 Å². The Morgan fingerprint density at radius 3 is 2.57 bits per heavy atom. The molecule has 2 atom stereocenters. The molecule has 2 unspecified atom stereocenters. The van der Waals surface area contributed by atoms with Crippen LogP contribution in [0.1, 0.15) is 33.6 Å². The number of rotatable bonds is 4. The lowest BCUT2D eigenvalue weighted by Crippen LogP contribution is -2.16. The summed E-state index contributed by atoms with van der Waals surface area (Å²) in [5.74, 6) is 0.217. The maximum atomic E-state index is 12.6. The lowest BCUT2D eigenvalue weighted by Gasteiger charge is -2.19. The summed E-state index contributed by atoms with van der Waals surface area (Å²) < 4.78 is 5.34. The zero-order valence-electron chi connectivity index (χ0n) is 14.1. The van der Waals surface area contributed by atoms with Crippen LogP contribution in [0.15, 0.2) is 70.4 Å². The molecule has 0 aliphatic heterocycles. The zero-order chi connectivity index (χ0) is 16.4. The van der Waals surface area contributed by atoms with Gasteiger partial charge in [-0.2, -0.15) is 0 Å². The van der Waals surface area contributed by atoms with Crippen molar-refractivity contribution >= 4 is 5.97 Å². The van der Waals surface area contributed by atoms with Crippen LogP contribution in [0.5, 0.6) is 0 Å². The van der Waals surface area contributed by atoms with Gasteiger partial charge in [-0.25, -0.2) is 4.79 Å². The van der Waals surface area contributed by atoms with Crippen molar-refractivity contribution < 1.29 is 9.53 Å². The van der Waals surface area contributed by atoms with Crippen LogP contribution in [0.2, 0.25) is 0 Å². The maximum absolute atomic E-state index is 12.6. The second kappa shape index (κ2) is 6.57. The third-order valence-corrected chi connectivity index (χ3v) is 4.96. The van der Waals surface area contributed by atoms with Crippen LogP contribution in [0.25, 0.3) is 0 Å². The number of carbonyl (C=O) groups is 1. The zero-order valence-corrected chi connectivity index (χ0v) is 14.1. The molecule has 0 aromatic heterocycles. The van der Waals surface area contributed by atoms with Crippen molar-refractivity contribution in [2.24, 2.45) is 11.8 Å². The normalized spacial score (nSPS) is 24.5. The molecular weight excluding hydrogens is 284 g/mol. The summed E-state index contributed by atoms with van der Waals surface area (Å²) in [5.41, 5.74) is 6.00. The molecule has 0 saturated carbocycles. The summed E-state index contributed by atoms with van der Waals surface area (Å²) in [7, 11) is 0. The Hall–Kier alpha value is -2.09. The molecule has 0 aromatic rings. The van der Waals surface area contributed by atoms with Crippen LogP contribution < -0.4 is 0 Å². The first-order chi connectivity index (χ1) is 11.2. The second-order valence-electron chi connectivity index (χ2n) is 6.04. The topological polar surface area (TPSA) is 26.3 Å². The molecule has 0 amide bonds. The van der Waals surface area contributed by atoms with Crippen LogP contribution >= 0.6 is 0 Å². The number of hydrogen-bond donors (Lipinski definition) is 0. The first-order valence-electron chi connectivity index (χ1n) is 8.59.